The highest BCUT2D eigenvalue weighted by atomic mass is 14.9. The fourth-order valence-corrected chi connectivity index (χ4v) is 4.63. The Morgan fingerprint density at radius 3 is 1.45 bits per heavy atom. The van der Waals surface area contributed by atoms with Gasteiger partial charge >= 0.3 is 0 Å². The topological polar surface area (TPSA) is 77.3 Å². The van der Waals surface area contributed by atoms with Gasteiger partial charge < -0.3 is 0 Å². The quantitative estimate of drug-likeness (QED) is 0.265. The third kappa shape index (κ3) is 3.94. The van der Waals surface area contributed by atoms with E-state index in [1.54, 1.807) is 18.6 Å². The fourth-order valence-electron chi connectivity index (χ4n) is 4.63. The molecule has 0 saturated heterocycles. The van der Waals surface area contributed by atoms with Crippen LogP contribution in [0.1, 0.15) is 0 Å². The minimum absolute atomic E-state index is 0.648. The molecule has 0 radical (unpaired) electrons. The first-order chi connectivity index (χ1) is 18.8. The van der Waals surface area contributed by atoms with E-state index in [9.17, 15) is 0 Å². The number of aromatic nitrogens is 6. The van der Waals surface area contributed by atoms with E-state index >= 15 is 0 Å². The molecule has 0 amide bonds. The van der Waals surface area contributed by atoms with Crippen LogP contribution in [0.2, 0.25) is 0 Å². The van der Waals surface area contributed by atoms with Crippen molar-refractivity contribution in [1.29, 1.82) is 0 Å². The molecule has 0 aliphatic rings. The molecule has 3 aromatic carbocycles. The van der Waals surface area contributed by atoms with Gasteiger partial charge in [0.2, 0.25) is 0 Å². The lowest BCUT2D eigenvalue weighted by Gasteiger charge is -2.11. The maximum atomic E-state index is 4.96. The van der Waals surface area contributed by atoms with E-state index in [1.165, 1.54) is 0 Å². The van der Waals surface area contributed by atoms with Crippen molar-refractivity contribution in [2.75, 3.05) is 0 Å². The number of rotatable bonds is 4. The summed E-state index contributed by atoms with van der Waals surface area (Å²) >= 11 is 0. The highest BCUT2D eigenvalue weighted by Crippen LogP contribution is 2.32. The lowest BCUT2D eigenvalue weighted by molar-refractivity contribution is 1.20. The smallest absolute Gasteiger partial charge is 0.161 e. The first-order valence-electron chi connectivity index (χ1n) is 12.3. The summed E-state index contributed by atoms with van der Waals surface area (Å²) in [6.45, 7) is 0. The molecular weight excluding hydrogens is 468 g/mol. The maximum absolute atomic E-state index is 4.96. The number of para-hydroxylation sites is 2. The average Bonchev–Trinajstić information content (AvgIpc) is 3.01. The molecule has 38 heavy (non-hydrogen) atoms. The van der Waals surface area contributed by atoms with Gasteiger partial charge in [-0.25, -0.2) is 19.9 Å². The van der Waals surface area contributed by atoms with Gasteiger partial charge in [-0.05, 0) is 36.4 Å². The zero-order valence-corrected chi connectivity index (χ0v) is 20.2. The maximum Gasteiger partial charge on any atom is 0.161 e. The molecule has 4 heterocycles. The predicted octanol–water partition coefficient (Wildman–Crippen LogP) is 7.03. The molecule has 0 saturated carbocycles. The van der Waals surface area contributed by atoms with Crippen LogP contribution in [0.3, 0.4) is 0 Å². The second-order valence-electron chi connectivity index (χ2n) is 8.89. The molecule has 4 aromatic heterocycles. The average molecular weight is 489 g/mol. The predicted molar refractivity (Wildman–Crippen MR) is 150 cm³/mol. The van der Waals surface area contributed by atoms with Crippen LogP contribution in [-0.4, -0.2) is 29.9 Å². The molecule has 0 aliphatic carbocycles. The Bertz CT molecular complexity index is 1900. The van der Waals surface area contributed by atoms with Crippen molar-refractivity contribution in [3.8, 4) is 45.3 Å². The zero-order chi connectivity index (χ0) is 25.3. The number of hydrogen-bond acceptors (Lipinski definition) is 6. The van der Waals surface area contributed by atoms with Crippen molar-refractivity contribution in [2.45, 2.75) is 0 Å². The Morgan fingerprint density at radius 2 is 0.868 bits per heavy atom. The van der Waals surface area contributed by atoms with E-state index < -0.39 is 0 Å². The first-order valence-corrected chi connectivity index (χ1v) is 12.3. The lowest BCUT2D eigenvalue weighted by atomic mass is 10.0. The van der Waals surface area contributed by atoms with Gasteiger partial charge in [-0.2, -0.15) is 0 Å². The number of hydrogen-bond donors (Lipinski definition) is 0. The van der Waals surface area contributed by atoms with Crippen molar-refractivity contribution < 1.29 is 0 Å². The van der Waals surface area contributed by atoms with E-state index in [1.807, 2.05) is 85.1 Å². The number of pyridine rings is 2. The van der Waals surface area contributed by atoms with Crippen LogP contribution in [-0.2, 0) is 0 Å². The van der Waals surface area contributed by atoms with Crippen molar-refractivity contribution in [2.24, 2.45) is 0 Å². The van der Waals surface area contributed by atoms with Crippen molar-refractivity contribution >= 4 is 21.8 Å². The van der Waals surface area contributed by atoms with Gasteiger partial charge in [0.25, 0.3) is 0 Å². The molecule has 0 N–H and O–H groups in total. The van der Waals surface area contributed by atoms with Crippen LogP contribution in [0.15, 0.2) is 122 Å². The summed E-state index contributed by atoms with van der Waals surface area (Å²) in [6, 6.07) is 32.2. The Labute approximate surface area is 218 Å². The van der Waals surface area contributed by atoms with Gasteiger partial charge in [0.1, 0.15) is 0 Å². The van der Waals surface area contributed by atoms with Crippen molar-refractivity contribution in [1.82, 2.24) is 29.9 Å². The van der Waals surface area contributed by atoms with Crippen LogP contribution in [0, 0.1) is 0 Å². The third-order valence-corrected chi connectivity index (χ3v) is 6.48. The van der Waals surface area contributed by atoms with Crippen LogP contribution in [0.4, 0.5) is 0 Å². The lowest BCUT2D eigenvalue weighted by Crippen LogP contribution is -1.97. The van der Waals surface area contributed by atoms with Gasteiger partial charge in [0.05, 0.1) is 22.4 Å². The second-order valence-corrected chi connectivity index (χ2v) is 8.89. The molecule has 0 unspecified atom stereocenters. The molecule has 0 aliphatic heterocycles. The Balaban J connectivity index is 1.35. The normalized spacial score (nSPS) is 11.2. The number of nitrogens with zero attached hydrogens (tertiary/aromatic N) is 6. The van der Waals surface area contributed by atoms with Crippen LogP contribution < -0.4 is 0 Å². The number of fused-ring (bicyclic) bond motifs is 2. The van der Waals surface area contributed by atoms with Crippen LogP contribution in [0.25, 0.3) is 67.1 Å². The summed E-state index contributed by atoms with van der Waals surface area (Å²) in [7, 11) is 0. The zero-order valence-electron chi connectivity index (χ0n) is 20.2. The van der Waals surface area contributed by atoms with Crippen molar-refractivity contribution in [3.05, 3.63) is 122 Å². The highest BCUT2D eigenvalue weighted by molar-refractivity contribution is 5.95. The Kier molecular flexibility index (Phi) is 5.33. The molecule has 0 fully saturated rings. The molecule has 0 bridgehead atoms. The van der Waals surface area contributed by atoms with Crippen molar-refractivity contribution in [3.63, 3.8) is 0 Å². The van der Waals surface area contributed by atoms with E-state index in [2.05, 4.69) is 28.2 Å². The summed E-state index contributed by atoms with van der Waals surface area (Å²) < 4.78 is 0. The minimum atomic E-state index is 0.648. The van der Waals surface area contributed by atoms with E-state index in [4.69, 9.17) is 19.9 Å². The largest absolute Gasteiger partial charge is 0.264 e. The molecular formula is C32H20N6. The van der Waals surface area contributed by atoms with E-state index in [-0.39, 0.29) is 0 Å². The van der Waals surface area contributed by atoms with Gasteiger partial charge in [-0.1, -0.05) is 60.7 Å². The van der Waals surface area contributed by atoms with Crippen LogP contribution >= 0.6 is 0 Å². The molecule has 0 atom stereocenters. The minimum Gasteiger partial charge on any atom is -0.264 e. The molecule has 0 spiro atoms. The fraction of sp³-hybridized carbons (Fsp3) is 0. The third-order valence-electron chi connectivity index (χ3n) is 6.48. The summed E-state index contributed by atoms with van der Waals surface area (Å²) in [5.74, 6) is 1.31. The molecule has 178 valence electrons. The van der Waals surface area contributed by atoms with Gasteiger partial charge in [-0.15, -0.1) is 0 Å². The van der Waals surface area contributed by atoms with E-state index in [0.29, 0.717) is 11.6 Å². The Morgan fingerprint density at radius 1 is 0.368 bits per heavy atom. The Hall–Kier alpha value is -5.36. The standard InChI is InChI=1S/C32H20N6/c1-3-11-27-25(9-1)29(37-32(36-27)24-8-6-18-34-20-24)21-13-15-22(16-14-21)31-35-28-12-4-2-10-26(28)30(38-31)23-7-5-17-33-19-23/h1-20H. The summed E-state index contributed by atoms with van der Waals surface area (Å²) in [6.07, 6.45) is 7.14. The summed E-state index contributed by atoms with van der Waals surface area (Å²) in [5, 5.41) is 1.99. The molecule has 6 heteroatoms. The highest BCUT2D eigenvalue weighted by Gasteiger charge is 2.14. The van der Waals surface area contributed by atoms with Gasteiger partial charge in [0.15, 0.2) is 11.6 Å². The van der Waals surface area contributed by atoms with Gasteiger partial charge in [-0.3, -0.25) is 9.97 Å². The second kappa shape index (κ2) is 9.26. The number of benzene rings is 3. The SMILES string of the molecule is c1cncc(-c2nc(-c3ccc(-c4nc(-c5cccnc5)c5ccccc5n4)cc3)c3ccccc3n2)c1. The monoisotopic (exact) mass is 488 g/mol. The van der Waals surface area contributed by atoms with Crippen LogP contribution in [0.5, 0.6) is 0 Å². The molecule has 7 aromatic rings. The van der Waals surface area contributed by atoms with E-state index in [0.717, 1.165) is 55.4 Å². The molecule has 6 nitrogen and oxygen atoms in total. The first kappa shape index (κ1) is 21.9. The summed E-state index contributed by atoms with van der Waals surface area (Å²) in [4.78, 5) is 28.1. The molecule has 7 rings (SSSR count). The summed E-state index contributed by atoms with van der Waals surface area (Å²) in [5.41, 5.74) is 7.27. The van der Waals surface area contributed by atoms with Gasteiger partial charge in [0, 0.05) is 57.8 Å².